The summed E-state index contributed by atoms with van der Waals surface area (Å²) in [5.41, 5.74) is 0. The molecule has 16 heavy (non-hydrogen) atoms. The lowest BCUT2D eigenvalue weighted by Gasteiger charge is -2.23. The topological polar surface area (TPSA) is 29.1 Å². The van der Waals surface area contributed by atoms with Crippen molar-refractivity contribution >= 4 is 5.91 Å². The van der Waals surface area contributed by atoms with E-state index in [-0.39, 0.29) is 0 Å². The molecule has 0 aromatic carbocycles. The Morgan fingerprint density at radius 2 is 1.94 bits per heavy atom. The minimum atomic E-state index is 0.370. The summed E-state index contributed by atoms with van der Waals surface area (Å²) in [5, 5.41) is 3.30. The first kappa shape index (κ1) is 10.6. The second-order valence-corrected chi connectivity index (χ2v) is 6.41. The van der Waals surface area contributed by atoms with E-state index in [0.717, 1.165) is 17.8 Å². The van der Waals surface area contributed by atoms with Crippen molar-refractivity contribution in [2.75, 3.05) is 0 Å². The highest BCUT2D eigenvalue weighted by Crippen LogP contribution is 2.48. The van der Waals surface area contributed by atoms with Gasteiger partial charge in [0.15, 0.2) is 0 Å². The molecule has 0 radical (unpaired) electrons. The average molecular weight is 221 g/mol. The molecule has 3 rings (SSSR count). The van der Waals surface area contributed by atoms with Crippen molar-refractivity contribution in [1.29, 1.82) is 0 Å². The van der Waals surface area contributed by atoms with Crippen LogP contribution < -0.4 is 5.32 Å². The third-order valence-electron chi connectivity index (χ3n) is 5.12. The summed E-state index contributed by atoms with van der Waals surface area (Å²) < 4.78 is 0. The molecule has 0 spiro atoms. The molecule has 3 aliphatic carbocycles. The summed E-state index contributed by atoms with van der Waals surface area (Å²) in [4.78, 5) is 12.2. The van der Waals surface area contributed by atoms with Crippen LogP contribution in [0.1, 0.15) is 51.9 Å². The van der Waals surface area contributed by atoms with Crippen LogP contribution in [0.25, 0.3) is 0 Å². The van der Waals surface area contributed by atoms with Crippen LogP contribution in [0, 0.1) is 23.7 Å². The number of carbonyl (C=O) groups is 1. The molecule has 0 aliphatic heterocycles. The van der Waals surface area contributed by atoms with E-state index in [9.17, 15) is 4.79 Å². The molecule has 1 N–H and O–H groups in total. The first-order valence-corrected chi connectivity index (χ1v) is 7.02. The lowest BCUT2D eigenvalue weighted by molar-refractivity contribution is -0.127. The number of fused-ring (bicyclic) bond motifs is 2. The van der Waals surface area contributed by atoms with Gasteiger partial charge in [-0.15, -0.1) is 0 Å². The van der Waals surface area contributed by atoms with Gasteiger partial charge in [0.25, 0.3) is 0 Å². The zero-order valence-corrected chi connectivity index (χ0v) is 10.2. The Kier molecular flexibility index (Phi) is 2.68. The lowest BCUT2D eigenvalue weighted by atomic mass is 9.88. The molecule has 2 nitrogen and oxygen atoms in total. The predicted octanol–water partition coefficient (Wildman–Crippen LogP) is 2.73. The van der Waals surface area contributed by atoms with Gasteiger partial charge >= 0.3 is 0 Å². The molecule has 5 atom stereocenters. The van der Waals surface area contributed by atoms with E-state index in [1.165, 1.54) is 44.9 Å². The van der Waals surface area contributed by atoms with E-state index in [4.69, 9.17) is 0 Å². The van der Waals surface area contributed by atoms with Gasteiger partial charge in [0, 0.05) is 12.0 Å². The third-order valence-corrected chi connectivity index (χ3v) is 5.12. The molecule has 0 aromatic heterocycles. The van der Waals surface area contributed by atoms with Crippen LogP contribution in [0.4, 0.5) is 0 Å². The highest BCUT2D eigenvalue weighted by molar-refractivity contribution is 5.79. The summed E-state index contributed by atoms with van der Waals surface area (Å²) in [5.74, 6) is 3.17. The van der Waals surface area contributed by atoms with E-state index >= 15 is 0 Å². The molecule has 0 aromatic rings. The Morgan fingerprint density at radius 3 is 2.50 bits per heavy atom. The quantitative estimate of drug-likeness (QED) is 0.763. The van der Waals surface area contributed by atoms with Crippen LogP contribution in [-0.2, 0) is 4.79 Å². The molecule has 2 bridgehead atoms. The van der Waals surface area contributed by atoms with Crippen LogP contribution in [-0.4, -0.2) is 11.9 Å². The van der Waals surface area contributed by atoms with E-state index in [2.05, 4.69) is 12.2 Å². The van der Waals surface area contributed by atoms with E-state index < -0.39 is 0 Å². The van der Waals surface area contributed by atoms with E-state index in [0.29, 0.717) is 17.9 Å². The van der Waals surface area contributed by atoms with Crippen molar-refractivity contribution in [3.05, 3.63) is 0 Å². The minimum Gasteiger partial charge on any atom is -0.353 e. The summed E-state index contributed by atoms with van der Waals surface area (Å²) in [6.07, 6.45) is 8.90. The maximum Gasteiger partial charge on any atom is 0.223 e. The van der Waals surface area contributed by atoms with Crippen LogP contribution in [0.5, 0.6) is 0 Å². The Hall–Kier alpha value is -0.530. The van der Waals surface area contributed by atoms with Gasteiger partial charge in [-0.05, 0) is 56.3 Å². The number of hydrogen-bond donors (Lipinski definition) is 1. The fraction of sp³-hybridized carbons (Fsp3) is 0.929. The maximum atomic E-state index is 12.2. The standard InChI is InChI=1S/C14H23NO/c1-9-2-5-12(6-9)15-14(16)13-8-10-3-4-11(13)7-10/h9-13H,2-8H2,1H3,(H,15,16). The van der Waals surface area contributed by atoms with Crippen molar-refractivity contribution in [1.82, 2.24) is 5.32 Å². The van der Waals surface area contributed by atoms with Gasteiger partial charge in [0.2, 0.25) is 5.91 Å². The monoisotopic (exact) mass is 221 g/mol. The van der Waals surface area contributed by atoms with Crippen LogP contribution >= 0.6 is 0 Å². The number of rotatable bonds is 2. The summed E-state index contributed by atoms with van der Waals surface area (Å²) in [6, 6.07) is 0.488. The fourth-order valence-corrected chi connectivity index (χ4v) is 4.21. The Labute approximate surface area is 98.2 Å². The van der Waals surface area contributed by atoms with Gasteiger partial charge in [0.1, 0.15) is 0 Å². The molecular formula is C14H23NO. The summed E-state index contributed by atoms with van der Waals surface area (Å²) >= 11 is 0. The average Bonchev–Trinajstić information content (AvgIpc) is 2.93. The second-order valence-electron chi connectivity index (χ2n) is 6.41. The van der Waals surface area contributed by atoms with Crippen molar-refractivity contribution in [3.63, 3.8) is 0 Å². The lowest BCUT2D eigenvalue weighted by Crippen LogP contribution is -2.39. The van der Waals surface area contributed by atoms with Crippen molar-refractivity contribution < 1.29 is 4.79 Å². The molecule has 3 fully saturated rings. The van der Waals surface area contributed by atoms with Crippen LogP contribution in [0.3, 0.4) is 0 Å². The van der Waals surface area contributed by atoms with Gasteiger partial charge in [-0.25, -0.2) is 0 Å². The minimum absolute atomic E-state index is 0.370. The van der Waals surface area contributed by atoms with Crippen molar-refractivity contribution in [2.45, 2.75) is 57.9 Å². The fourth-order valence-electron chi connectivity index (χ4n) is 4.21. The van der Waals surface area contributed by atoms with Gasteiger partial charge in [0.05, 0.1) is 0 Å². The van der Waals surface area contributed by atoms with Gasteiger partial charge in [-0.2, -0.15) is 0 Å². The predicted molar refractivity (Wildman–Crippen MR) is 63.9 cm³/mol. The largest absolute Gasteiger partial charge is 0.353 e. The van der Waals surface area contributed by atoms with Crippen molar-refractivity contribution in [3.8, 4) is 0 Å². The Balaban J connectivity index is 1.54. The normalized spacial score (nSPS) is 46.2. The highest BCUT2D eigenvalue weighted by atomic mass is 16.2. The van der Waals surface area contributed by atoms with Crippen molar-refractivity contribution in [2.24, 2.45) is 23.7 Å². The number of hydrogen-bond acceptors (Lipinski definition) is 1. The molecule has 0 saturated heterocycles. The molecule has 1 amide bonds. The maximum absolute atomic E-state index is 12.2. The summed E-state index contributed by atoms with van der Waals surface area (Å²) in [6.45, 7) is 2.30. The molecular weight excluding hydrogens is 198 g/mol. The Morgan fingerprint density at radius 1 is 1.06 bits per heavy atom. The van der Waals surface area contributed by atoms with Gasteiger partial charge in [-0.3, -0.25) is 4.79 Å². The summed E-state index contributed by atoms with van der Waals surface area (Å²) in [7, 11) is 0. The molecule has 2 heteroatoms. The molecule has 0 heterocycles. The molecule has 3 saturated carbocycles. The first-order chi connectivity index (χ1) is 7.72. The molecule has 90 valence electrons. The zero-order valence-electron chi connectivity index (χ0n) is 10.2. The SMILES string of the molecule is CC1CCC(NC(=O)C2CC3CCC2C3)C1. The number of nitrogens with one attached hydrogen (secondary N) is 1. The smallest absolute Gasteiger partial charge is 0.223 e. The Bertz CT molecular complexity index is 288. The van der Waals surface area contributed by atoms with Crippen LogP contribution in [0.15, 0.2) is 0 Å². The van der Waals surface area contributed by atoms with Crippen LogP contribution in [0.2, 0.25) is 0 Å². The molecule has 3 aliphatic rings. The number of carbonyl (C=O) groups excluding carboxylic acids is 1. The number of amides is 1. The van der Waals surface area contributed by atoms with E-state index in [1.54, 1.807) is 0 Å². The molecule has 5 unspecified atom stereocenters. The third kappa shape index (κ3) is 1.87. The van der Waals surface area contributed by atoms with Gasteiger partial charge < -0.3 is 5.32 Å². The highest BCUT2D eigenvalue weighted by Gasteiger charge is 2.43. The zero-order chi connectivity index (χ0) is 11.1. The van der Waals surface area contributed by atoms with E-state index in [1.807, 2.05) is 0 Å². The first-order valence-electron chi connectivity index (χ1n) is 7.02. The van der Waals surface area contributed by atoms with Gasteiger partial charge in [-0.1, -0.05) is 13.3 Å². The second kappa shape index (κ2) is 4.05.